The van der Waals surface area contributed by atoms with Gasteiger partial charge in [0.15, 0.2) is 0 Å². The average molecular weight is 1480 g/mol. The third-order valence-electron chi connectivity index (χ3n) is 28.4. The minimum atomic E-state index is 0.854. The van der Waals surface area contributed by atoms with Crippen molar-refractivity contribution in [3.63, 3.8) is 0 Å². The summed E-state index contributed by atoms with van der Waals surface area (Å²) in [6.07, 6.45) is 78.8. The van der Waals surface area contributed by atoms with Crippen LogP contribution >= 0.6 is 0 Å². The minimum Gasteiger partial charge on any atom is -0.0654 e. The molecular formula is C109H166. The van der Waals surface area contributed by atoms with Gasteiger partial charge < -0.3 is 0 Å². The predicted molar refractivity (Wildman–Crippen MR) is 481 cm³/mol. The van der Waals surface area contributed by atoms with E-state index in [9.17, 15) is 0 Å². The van der Waals surface area contributed by atoms with Gasteiger partial charge >= 0.3 is 0 Å². The molecule has 0 N–H and O–H groups in total. The summed E-state index contributed by atoms with van der Waals surface area (Å²) in [7, 11) is 0. The molecule has 7 aliphatic carbocycles. The number of hydrogen-bond acceptors (Lipinski definition) is 0. The average Bonchev–Trinajstić information content (AvgIpc) is 0.834. The van der Waals surface area contributed by atoms with Crippen LogP contribution in [0.1, 0.15) is 425 Å². The fraction of sp³-hybridized carbons (Fsp3) is 0.670. The van der Waals surface area contributed by atoms with E-state index in [-0.39, 0.29) is 0 Å². The van der Waals surface area contributed by atoms with Crippen molar-refractivity contribution < 1.29 is 0 Å². The first-order chi connectivity index (χ1) is 53.5. The van der Waals surface area contributed by atoms with Crippen LogP contribution in [0.4, 0.5) is 0 Å². The Kier molecular flexibility index (Phi) is 41.5. The van der Waals surface area contributed by atoms with Crippen LogP contribution in [0.3, 0.4) is 0 Å². The highest BCUT2D eigenvalue weighted by atomic mass is 14.3. The Morgan fingerprint density at radius 2 is 0.569 bits per heavy atom. The van der Waals surface area contributed by atoms with Crippen molar-refractivity contribution in [2.24, 2.45) is 35.5 Å². The Balaban J connectivity index is 0.000000159. The summed E-state index contributed by atoms with van der Waals surface area (Å²) in [6, 6.07) is 43.3. The second-order valence-corrected chi connectivity index (χ2v) is 37.0. The Morgan fingerprint density at radius 3 is 0.927 bits per heavy atom. The zero-order chi connectivity index (χ0) is 76.5. The lowest BCUT2D eigenvalue weighted by atomic mass is 9.73. The van der Waals surface area contributed by atoms with Gasteiger partial charge in [0.25, 0.3) is 0 Å². The van der Waals surface area contributed by atoms with Crippen LogP contribution < -0.4 is 0 Å². The van der Waals surface area contributed by atoms with Crippen molar-refractivity contribution in [3.05, 3.63) is 209 Å². The first-order valence-corrected chi connectivity index (χ1v) is 48.2. The first-order valence-electron chi connectivity index (χ1n) is 48.2. The van der Waals surface area contributed by atoms with E-state index in [2.05, 4.69) is 172 Å². The van der Waals surface area contributed by atoms with Gasteiger partial charge in [-0.2, -0.15) is 0 Å². The molecule has 0 spiro atoms. The third kappa shape index (κ3) is 31.2. The van der Waals surface area contributed by atoms with Gasteiger partial charge in [0.05, 0.1) is 0 Å². The zero-order valence-corrected chi connectivity index (χ0v) is 72.7. The monoisotopic (exact) mass is 1480 g/mol. The molecule has 109 heavy (non-hydrogen) atoms. The van der Waals surface area contributed by atoms with Gasteiger partial charge in [-0.15, -0.1) is 0 Å². The van der Waals surface area contributed by atoms with Crippen LogP contribution in [0.15, 0.2) is 109 Å². The summed E-state index contributed by atoms with van der Waals surface area (Å²) in [6.45, 7) is 21.2. The molecule has 6 aromatic rings. The van der Waals surface area contributed by atoms with Crippen molar-refractivity contribution in [3.8, 4) is 0 Å². The number of benzene rings is 6. The second-order valence-electron chi connectivity index (χ2n) is 37.0. The van der Waals surface area contributed by atoms with Gasteiger partial charge in [-0.3, -0.25) is 0 Å². The number of rotatable bonds is 48. The Labute approximate surface area is 674 Å². The van der Waals surface area contributed by atoms with Crippen LogP contribution in [-0.2, 0) is 109 Å². The van der Waals surface area contributed by atoms with E-state index in [1.54, 1.807) is 100 Å². The molecule has 0 heteroatoms. The van der Waals surface area contributed by atoms with E-state index in [0.717, 1.165) is 41.4 Å². The predicted octanol–water partition coefficient (Wildman–Crippen LogP) is 32.0. The largest absolute Gasteiger partial charge is 0.0654 e. The SMILES string of the molecule is CC(CCCCCCc1ccc2c(c1)CC2)CCCCCCc1ccc2c(c1)CC2.CCC(CC)CC(C)CCCCCCc1ccc2c(c1)CC2.CCC(CC)CCCCCc1ccc2c(c1)CC2.CCCCCC(CCC)CCc1ccc2c(c1)CC2.CCCCCC(c1ccc2c(c1)CC2)C1CCCCC1. The molecule has 0 aliphatic heterocycles. The molecule has 3 unspecified atom stereocenters. The molecule has 3 atom stereocenters. The molecule has 0 aromatic heterocycles. The van der Waals surface area contributed by atoms with Gasteiger partial charge in [0, 0.05) is 0 Å². The van der Waals surface area contributed by atoms with Crippen LogP contribution in [0.5, 0.6) is 0 Å². The molecular weight excluding hydrogens is 1310 g/mol. The number of fused-ring (bicyclic) bond motifs is 6. The molecule has 13 rings (SSSR count). The lowest BCUT2D eigenvalue weighted by Crippen LogP contribution is -2.18. The number of hydrogen-bond donors (Lipinski definition) is 0. The highest BCUT2D eigenvalue weighted by molar-refractivity contribution is 5.43. The van der Waals surface area contributed by atoms with E-state index >= 15 is 0 Å². The lowest BCUT2D eigenvalue weighted by molar-refractivity contribution is 0.289. The summed E-state index contributed by atoms with van der Waals surface area (Å²) in [5.41, 5.74) is 28.9. The summed E-state index contributed by atoms with van der Waals surface area (Å²) < 4.78 is 0. The van der Waals surface area contributed by atoms with Crippen LogP contribution in [0.25, 0.3) is 0 Å². The van der Waals surface area contributed by atoms with Crippen molar-refractivity contribution in [2.45, 2.75) is 434 Å². The zero-order valence-electron chi connectivity index (χ0n) is 72.7. The molecule has 0 saturated heterocycles. The van der Waals surface area contributed by atoms with E-state index < -0.39 is 0 Å². The van der Waals surface area contributed by atoms with Gasteiger partial charge in [-0.05, 0) is 309 Å². The fourth-order valence-corrected chi connectivity index (χ4v) is 19.8. The summed E-state index contributed by atoms with van der Waals surface area (Å²) in [5, 5.41) is 0. The van der Waals surface area contributed by atoms with E-state index in [1.807, 2.05) is 0 Å². The normalized spacial score (nSPS) is 15.4. The fourth-order valence-electron chi connectivity index (χ4n) is 19.8. The van der Waals surface area contributed by atoms with Gasteiger partial charge in [0.2, 0.25) is 0 Å². The maximum absolute atomic E-state index is 2.56. The summed E-state index contributed by atoms with van der Waals surface area (Å²) >= 11 is 0. The van der Waals surface area contributed by atoms with Crippen molar-refractivity contribution >= 4 is 0 Å². The molecule has 0 nitrogen and oxygen atoms in total. The summed E-state index contributed by atoms with van der Waals surface area (Å²) in [5.74, 6) is 6.57. The molecule has 0 heterocycles. The van der Waals surface area contributed by atoms with E-state index in [4.69, 9.17) is 0 Å². The number of aryl methyl sites for hydroxylation is 17. The molecule has 6 aromatic carbocycles. The van der Waals surface area contributed by atoms with Gasteiger partial charge in [-0.25, -0.2) is 0 Å². The maximum Gasteiger partial charge on any atom is -0.0134 e. The minimum absolute atomic E-state index is 0.854. The Hall–Kier alpha value is -4.68. The van der Waals surface area contributed by atoms with Crippen molar-refractivity contribution in [1.82, 2.24) is 0 Å². The Bertz CT molecular complexity index is 3360. The smallest absolute Gasteiger partial charge is 0.0134 e. The van der Waals surface area contributed by atoms with Crippen LogP contribution in [0.2, 0.25) is 0 Å². The quantitative estimate of drug-likeness (QED) is 0.0334. The topological polar surface area (TPSA) is 0 Å². The van der Waals surface area contributed by atoms with Gasteiger partial charge in [-0.1, -0.05) is 371 Å². The first kappa shape index (κ1) is 88.3. The molecule has 7 aliphatic rings. The molecule has 602 valence electrons. The molecule has 0 bridgehead atoms. The molecule has 0 amide bonds. The highest BCUT2D eigenvalue weighted by Crippen LogP contribution is 2.41. The Morgan fingerprint density at radius 1 is 0.248 bits per heavy atom. The van der Waals surface area contributed by atoms with Crippen LogP contribution in [0, 0.1) is 35.5 Å². The lowest BCUT2D eigenvalue weighted by Gasteiger charge is -2.32. The second kappa shape index (κ2) is 51.2. The number of unbranched alkanes of at least 4 members (excludes halogenated alkanes) is 15. The molecule has 1 fully saturated rings. The highest BCUT2D eigenvalue weighted by Gasteiger charge is 2.27. The van der Waals surface area contributed by atoms with E-state index in [1.165, 1.54) is 366 Å². The van der Waals surface area contributed by atoms with Crippen LogP contribution in [-0.4, -0.2) is 0 Å². The summed E-state index contributed by atoms with van der Waals surface area (Å²) in [4.78, 5) is 0. The van der Waals surface area contributed by atoms with Crippen molar-refractivity contribution in [1.29, 1.82) is 0 Å². The standard InChI is InChI=1S/C30H42.C22H36.C20H30.C19H30.C18H28/c1-24(10-6-2-4-8-12-25-14-16-27-18-20-29(27)22-25)11-7-3-5-9-13-26-15-17-28-19-21-30(28)23-26;1-4-19(5-2)16-18(3)10-8-6-7-9-11-20-12-13-21-14-15-22(21)17-20;1-2-3-5-10-20(17-8-6-4-7-9-17)19-14-12-16-11-13-18(16)15-19;1-3-5-6-8-16(7-4-2)9-10-17-11-12-18-13-14-19(18)15-17;1-3-15(4-2)8-6-5-7-9-16-10-11-17-12-13-18(17)14-16/h14-17,22-24H,2-13,18-21H2,1H3;12-13,17-19H,4-11,14-16H2,1-3H3;12,14-15,17,20H,2-11,13H2,1H3;11-12,15-16H,3-10,13-14H2,1-2H3;10-11,14-15H,3-9,12-13H2,1-2H3. The molecule has 1 saturated carbocycles. The van der Waals surface area contributed by atoms with Gasteiger partial charge in [0.1, 0.15) is 0 Å². The third-order valence-corrected chi connectivity index (χ3v) is 28.4. The molecule has 0 radical (unpaired) electrons. The maximum atomic E-state index is 2.56. The van der Waals surface area contributed by atoms with Crippen molar-refractivity contribution in [2.75, 3.05) is 0 Å². The van der Waals surface area contributed by atoms with E-state index in [0.29, 0.717) is 0 Å².